The first kappa shape index (κ1) is 21.2. The number of morpholine rings is 1. The topological polar surface area (TPSA) is 58.5 Å². The van der Waals surface area contributed by atoms with Crippen molar-refractivity contribution in [3.63, 3.8) is 0 Å². The molecular formula is C22H26F2N6O. The van der Waals surface area contributed by atoms with Gasteiger partial charge in [0, 0.05) is 50.7 Å². The van der Waals surface area contributed by atoms with Crippen LogP contribution in [0.3, 0.4) is 0 Å². The van der Waals surface area contributed by atoms with E-state index in [-0.39, 0.29) is 5.69 Å². The average molecular weight is 428 g/mol. The molecule has 1 N–H and O–H groups in total. The number of ether oxygens (including phenoxy) is 1. The Bertz CT molecular complexity index is 1010. The summed E-state index contributed by atoms with van der Waals surface area (Å²) >= 11 is 0. The Morgan fingerprint density at radius 2 is 1.81 bits per heavy atom. The van der Waals surface area contributed by atoms with Gasteiger partial charge in [-0.15, -0.1) is 5.10 Å². The van der Waals surface area contributed by atoms with E-state index < -0.39 is 11.6 Å². The summed E-state index contributed by atoms with van der Waals surface area (Å²) in [6, 6.07) is 9.40. The second-order valence-electron chi connectivity index (χ2n) is 7.70. The van der Waals surface area contributed by atoms with Gasteiger partial charge in [0.1, 0.15) is 18.0 Å². The average Bonchev–Trinajstić information content (AvgIpc) is 3.20. The number of nitrogens with zero attached hydrogens (tertiary/aromatic N) is 5. The molecule has 3 aromatic rings. The minimum atomic E-state index is -0.663. The lowest BCUT2D eigenvalue weighted by atomic mass is 10.2. The van der Waals surface area contributed by atoms with Crippen molar-refractivity contribution in [1.29, 1.82) is 0 Å². The van der Waals surface area contributed by atoms with Crippen LogP contribution in [0.2, 0.25) is 0 Å². The van der Waals surface area contributed by atoms with Crippen LogP contribution in [0.4, 0.5) is 26.1 Å². The predicted molar refractivity (Wildman–Crippen MR) is 116 cm³/mol. The Kier molecular flexibility index (Phi) is 6.43. The molecule has 4 rings (SSSR count). The van der Waals surface area contributed by atoms with Gasteiger partial charge in [0.25, 0.3) is 0 Å². The van der Waals surface area contributed by atoms with Crippen LogP contribution in [-0.4, -0.2) is 66.1 Å². The molecule has 9 heteroatoms. The zero-order chi connectivity index (χ0) is 21.8. The van der Waals surface area contributed by atoms with E-state index in [1.165, 1.54) is 23.1 Å². The number of aryl methyl sites for hydroxylation is 1. The molecular weight excluding hydrogens is 402 g/mol. The third kappa shape index (κ3) is 5.56. The maximum absolute atomic E-state index is 13.5. The SMILES string of the molecule is Cc1cc(Nc2ncn(-c3cc(F)cc(F)c3)n2)cc(N(C)CCN2CCOCC2)c1. The van der Waals surface area contributed by atoms with Crippen LogP contribution in [0.25, 0.3) is 5.69 Å². The summed E-state index contributed by atoms with van der Waals surface area (Å²) in [7, 11) is 2.07. The van der Waals surface area contributed by atoms with Crippen LogP contribution < -0.4 is 10.2 Å². The van der Waals surface area contributed by atoms with Crippen molar-refractivity contribution in [2.24, 2.45) is 0 Å². The fourth-order valence-electron chi connectivity index (χ4n) is 3.55. The van der Waals surface area contributed by atoms with Crippen molar-refractivity contribution in [3.05, 3.63) is 59.9 Å². The Morgan fingerprint density at radius 1 is 1.06 bits per heavy atom. The second-order valence-corrected chi connectivity index (χ2v) is 7.70. The molecule has 31 heavy (non-hydrogen) atoms. The minimum absolute atomic E-state index is 0.269. The number of benzene rings is 2. The number of likely N-dealkylation sites (N-methyl/N-ethyl adjacent to an activating group) is 1. The molecule has 0 radical (unpaired) electrons. The monoisotopic (exact) mass is 428 g/mol. The number of nitrogens with one attached hydrogen (secondary N) is 1. The highest BCUT2D eigenvalue weighted by molar-refractivity contribution is 5.63. The first-order valence-corrected chi connectivity index (χ1v) is 10.2. The van der Waals surface area contributed by atoms with E-state index in [0.717, 1.165) is 62.4 Å². The van der Waals surface area contributed by atoms with Gasteiger partial charge in [0.05, 0.1) is 18.9 Å². The summed E-state index contributed by atoms with van der Waals surface area (Å²) in [5.74, 6) is -0.982. The molecule has 0 saturated carbocycles. The Hall–Kier alpha value is -3.04. The number of anilines is 3. The summed E-state index contributed by atoms with van der Waals surface area (Å²) in [6.07, 6.45) is 1.42. The summed E-state index contributed by atoms with van der Waals surface area (Å²) in [4.78, 5) is 8.83. The van der Waals surface area contributed by atoms with E-state index >= 15 is 0 Å². The molecule has 0 bridgehead atoms. The molecule has 0 spiro atoms. The highest BCUT2D eigenvalue weighted by Gasteiger charge is 2.12. The van der Waals surface area contributed by atoms with Gasteiger partial charge in [-0.1, -0.05) is 0 Å². The maximum atomic E-state index is 13.5. The van der Waals surface area contributed by atoms with Crippen LogP contribution in [0.15, 0.2) is 42.7 Å². The molecule has 164 valence electrons. The number of hydrogen-bond donors (Lipinski definition) is 1. The van der Waals surface area contributed by atoms with Crippen molar-refractivity contribution in [2.45, 2.75) is 6.92 Å². The van der Waals surface area contributed by atoms with E-state index in [4.69, 9.17) is 4.74 Å². The van der Waals surface area contributed by atoms with Gasteiger partial charge < -0.3 is 15.0 Å². The van der Waals surface area contributed by atoms with E-state index in [9.17, 15) is 8.78 Å². The van der Waals surface area contributed by atoms with Gasteiger partial charge in [0.2, 0.25) is 5.95 Å². The first-order valence-electron chi connectivity index (χ1n) is 10.2. The number of aromatic nitrogens is 3. The third-order valence-electron chi connectivity index (χ3n) is 5.22. The van der Waals surface area contributed by atoms with Gasteiger partial charge >= 0.3 is 0 Å². The lowest BCUT2D eigenvalue weighted by Crippen LogP contribution is -2.40. The normalized spacial score (nSPS) is 14.6. The van der Waals surface area contributed by atoms with Crippen molar-refractivity contribution >= 4 is 17.3 Å². The molecule has 0 aliphatic carbocycles. The summed E-state index contributed by atoms with van der Waals surface area (Å²) in [5, 5.41) is 7.47. The smallest absolute Gasteiger partial charge is 0.246 e. The zero-order valence-corrected chi connectivity index (χ0v) is 17.7. The summed E-state index contributed by atoms with van der Waals surface area (Å²) < 4.78 is 33.7. The fraction of sp³-hybridized carbons (Fsp3) is 0.364. The van der Waals surface area contributed by atoms with Gasteiger partial charge in [0.15, 0.2) is 0 Å². The molecule has 1 aliphatic heterocycles. The summed E-state index contributed by atoms with van der Waals surface area (Å²) in [6.45, 7) is 7.45. The van der Waals surface area contributed by atoms with Crippen LogP contribution in [0, 0.1) is 18.6 Å². The lowest BCUT2D eigenvalue weighted by Gasteiger charge is -2.29. The minimum Gasteiger partial charge on any atom is -0.379 e. The van der Waals surface area contributed by atoms with E-state index in [1.54, 1.807) is 0 Å². The molecule has 1 aromatic heterocycles. The van der Waals surface area contributed by atoms with Crippen molar-refractivity contribution < 1.29 is 13.5 Å². The molecule has 7 nitrogen and oxygen atoms in total. The van der Waals surface area contributed by atoms with Crippen LogP contribution in [-0.2, 0) is 4.74 Å². The Balaban J connectivity index is 1.44. The fourth-order valence-corrected chi connectivity index (χ4v) is 3.55. The lowest BCUT2D eigenvalue weighted by molar-refractivity contribution is 0.0393. The number of rotatable bonds is 7. The van der Waals surface area contributed by atoms with Crippen LogP contribution in [0.5, 0.6) is 0 Å². The van der Waals surface area contributed by atoms with Crippen LogP contribution in [0.1, 0.15) is 5.56 Å². The third-order valence-corrected chi connectivity index (χ3v) is 5.22. The number of halogens is 2. The quantitative estimate of drug-likeness (QED) is 0.623. The van der Waals surface area contributed by atoms with Gasteiger partial charge in [-0.3, -0.25) is 4.90 Å². The molecule has 0 amide bonds. The van der Waals surface area contributed by atoms with Crippen molar-refractivity contribution in [3.8, 4) is 5.69 Å². The van der Waals surface area contributed by atoms with Gasteiger partial charge in [-0.05, 0) is 42.8 Å². The van der Waals surface area contributed by atoms with E-state index in [1.807, 2.05) is 19.1 Å². The molecule has 0 atom stereocenters. The van der Waals surface area contributed by atoms with Crippen molar-refractivity contribution in [1.82, 2.24) is 19.7 Å². The molecule has 1 aliphatic rings. The molecule has 1 saturated heterocycles. The molecule has 1 fully saturated rings. The predicted octanol–water partition coefficient (Wildman–Crippen LogP) is 3.37. The zero-order valence-electron chi connectivity index (χ0n) is 17.7. The molecule has 2 heterocycles. The largest absolute Gasteiger partial charge is 0.379 e. The van der Waals surface area contributed by atoms with Gasteiger partial charge in [-0.25, -0.2) is 13.5 Å². The van der Waals surface area contributed by atoms with Crippen molar-refractivity contribution in [2.75, 3.05) is 56.7 Å². The molecule has 2 aromatic carbocycles. The maximum Gasteiger partial charge on any atom is 0.246 e. The van der Waals surface area contributed by atoms with E-state index in [2.05, 4.69) is 38.3 Å². The first-order chi connectivity index (χ1) is 15.0. The van der Waals surface area contributed by atoms with E-state index in [0.29, 0.717) is 5.95 Å². The second kappa shape index (κ2) is 9.40. The highest BCUT2D eigenvalue weighted by Crippen LogP contribution is 2.24. The Labute approximate surface area is 180 Å². The van der Waals surface area contributed by atoms with Gasteiger partial charge in [-0.2, -0.15) is 4.98 Å². The highest BCUT2D eigenvalue weighted by atomic mass is 19.1. The summed E-state index contributed by atoms with van der Waals surface area (Å²) in [5.41, 5.74) is 3.30. The molecule has 0 unspecified atom stereocenters. The van der Waals surface area contributed by atoms with Crippen LogP contribution >= 0.6 is 0 Å². The standard InChI is InChI=1S/C22H26F2N6O/c1-16-9-19(14-20(10-16)28(2)3-4-29-5-7-31-8-6-29)26-22-25-15-30(27-22)21-12-17(23)11-18(24)13-21/h9-15H,3-8H2,1-2H3,(H,26,27). The Morgan fingerprint density at radius 3 is 2.55 bits per heavy atom. The number of hydrogen-bond acceptors (Lipinski definition) is 6.